The highest BCUT2D eigenvalue weighted by atomic mass is 19.1. The molecule has 2 aromatic carbocycles. The van der Waals surface area contributed by atoms with Crippen LogP contribution in [0.5, 0.6) is 11.5 Å². The van der Waals surface area contributed by atoms with Gasteiger partial charge in [-0.25, -0.2) is 14.4 Å². The van der Waals surface area contributed by atoms with Crippen LogP contribution in [-0.4, -0.2) is 36.6 Å². The van der Waals surface area contributed by atoms with E-state index in [9.17, 15) is 9.18 Å². The lowest BCUT2D eigenvalue weighted by Crippen LogP contribution is -2.16. The van der Waals surface area contributed by atoms with Gasteiger partial charge in [0.05, 0.1) is 19.9 Å². The molecule has 0 aliphatic heterocycles. The first-order valence-electron chi connectivity index (χ1n) is 8.93. The SMILES string of the molecule is COc1ccc(NC(=O)c2cc(NCCc3ccccc3F)ncn2)c(OC)c1. The fourth-order valence-corrected chi connectivity index (χ4v) is 2.69. The number of benzene rings is 2. The van der Waals surface area contributed by atoms with Crippen LogP contribution in [0.4, 0.5) is 15.9 Å². The number of rotatable bonds is 8. The highest BCUT2D eigenvalue weighted by molar-refractivity contribution is 6.04. The molecule has 0 unspecified atom stereocenters. The van der Waals surface area contributed by atoms with Gasteiger partial charge in [0.1, 0.15) is 35.2 Å². The molecule has 0 spiro atoms. The normalized spacial score (nSPS) is 10.3. The largest absolute Gasteiger partial charge is 0.497 e. The molecular formula is C21H21FN4O3. The van der Waals surface area contributed by atoms with E-state index in [1.807, 2.05) is 0 Å². The van der Waals surface area contributed by atoms with Crippen LogP contribution in [0.15, 0.2) is 54.9 Å². The van der Waals surface area contributed by atoms with Gasteiger partial charge in [0.25, 0.3) is 5.91 Å². The highest BCUT2D eigenvalue weighted by Gasteiger charge is 2.13. The van der Waals surface area contributed by atoms with Gasteiger partial charge < -0.3 is 20.1 Å². The van der Waals surface area contributed by atoms with Crippen molar-refractivity contribution in [1.82, 2.24) is 9.97 Å². The number of methoxy groups -OCH3 is 2. The maximum atomic E-state index is 13.7. The second kappa shape index (κ2) is 9.50. The van der Waals surface area contributed by atoms with E-state index in [0.29, 0.717) is 41.5 Å². The molecule has 3 rings (SSSR count). The molecule has 2 N–H and O–H groups in total. The van der Waals surface area contributed by atoms with E-state index in [4.69, 9.17) is 9.47 Å². The number of aromatic nitrogens is 2. The summed E-state index contributed by atoms with van der Waals surface area (Å²) in [7, 11) is 3.06. The van der Waals surface area contributed by atoms with E-state index in [2.05, 4.69) is 20.6 Å². The summed E-state index contributed by atoms with van der Waals surface area (Å²) in [5.74, 6) is 0.903. The molecule has 29 heavy (non-hydrogen) atoms. The summed E-state index contributed by atoms with van der Waals surface area (Å²) in [6.45, 7) is 0.464. The molecule has 150 valence electrons. The quantitative estimate of drug-likeness (QED) is 0.606. The molecule has 1 amide bonds. The molecule has 0 aliphatic carbocycles. The van der Waals surface area contributed by atoms with Gasteiger partial charge in [-0.05, 0) is 30.2 Å². The zero-order valence-corrected chi connectivity index (χ0v) is 16.1. The molecule has 3 aromatic rings. The van der Waals surface area contributed by atoms with Crippen molar-refractivity contribution < 1.29 is 18.7 Å². The average Bonchev–Trinajstić information content (AvgIpc) is 2.75. The third-order valence-electron chi connectivity index (χ3n) is 4.21. The van der Waals surface area contributed by atoms with Gasteiger partial charge in [-0.3, -0.25) is 4.79 Å². The average molecular weight is 396 g/mol. The standard InChI is InChI=1S/C21H21FN4O3/c1-28-15-7-8-17(19(11-15)29-2)26-21(27)18-12-20(25-13-24-18)23-10-9-14-5-3-4-6-16(14)22/h3-8,11-13H,9-10H2,1-2H3,(H,26,27)(H,23,24,25). The minimum absolute atomic E-state index is 0.186. The van der Waals surface area contributed by atoms with Crippen molar-refractivity contribution in [3.8, 4) is 11.5 Å². The first-order valence-corrected chi connectivity index (χ1v) is 8.93. The Hall–Kier alpha value is -3.68. The van der Waals surface area contributed by atoms with Crippen LogP contribution in [0, 0.1) is 5.82 Å². The summed E-state index contributed by atoms with van der Waals surface area (Å²) in [5, 5.41) is 5.84. The van der Waals surface area contributed by atoms with Gasteiger partial charge in [-0.15, -0.1) is 0 Å². The maximum Gasteiger partial charge on any atom is 0.274 e. The van der Waals surface area contributed by atoms with Crippen molar-refractivity contribution in [3.63, 3.8) is 0 Å². The molecular weight excluding hydrogens is 375 g/mol. The number of hydrogen-bond acceptors (Lipinski definition) is 6. The maximum absolute atomic E-state index is 13.7. The molecule has 0 bridgehead atoms. The fraction of sp³-hybridized carbons (Fsp3) is 0.190. The number of halogens is 1. The van der Waals surface area contributed by atoms with Crippen molar-refractivity contribution in [2.24, 2.45) is 0 Å². The molecule has 7 nitrogen and oxygen atoms in total. The molecule has 0 saturated carbocycles. The molecule has 1 aromatic heterocycles. The first kappa shape index (κ1) is 20.1. The predicted molar refractivity (Wildman–Crippen MR) is 108 cm³/mol. The van der Waals surface area contributed by atoms with E-state index in [1.165, 1.54) is 25.6 Å². The Morgan fingerprint density at radius 1 is 1.07 bits per heavy atom. The highest BCUT2D eigenvalue weighted by Crippen LogP contribution is 2.29. The van der Waals surface area contributed by atoms with Gasteiger partial charge in [0.15, 0.2) is 0 Å². The van der Waals surface area contributed by atoms with Crippen molar-refractivity contribution in [2.75, 3.05) is 31.4 Å². The smallest absolute Gasteiger partial charge is 0.274 e. The minimum Gasteiger partial charge on any atom is -0.497 e. The molecule has 0 fully saturated rings. The number of hydrogen-bond donors (Lipinski definition) is 2. The lowest BCUT2D eigenvalue weighted by molar-refractivity contribution is 0.102. The monoisotopic (exact) mass is 396 g/mol. The summed E-state index contributed by atoms with van der Waals surface area (Å²) in [6.07, 6.45) is 1.78. The van der Waals surface area contributed by atoms with E-state index >= 15 is 0 Å². The van der Waals surface area contributed by atoms with Gasteiger partial charge in [0.2, 0.25) is 0 Å². The molecule has 0 atom stereocenters. The summed E-state index contributed by atoms with van der Waals surface area (Å²) in [6, 6.07) is 13.2. The number of anilines is 2. The number of nitrogens with zero attached hydrogens (tertiary/aromatic N) is 2. The fourth-order valence-electron chi connectivity index (χ4n) is 2.69. The van der Waals surface area contributed by atoms with Gasteiger partial charge in [0, 0.05) is 18.7 Å². The summed E-state index contributed by atoms with van der Waals surface area (Å²) in [5.41, 5.74) is 1.29. The third kappa shape index (κ3) is 5.19. The van der Waals surface area contributed by atoms with Crippen LogP contribution in [0.1, 0.15) is 16.1 Å². The van der Waals surface area contributed by atoms with Gasteiger partial charge in [-0.1, -0.05) is 18.2 Å². The first-order chi connectivity index (χ1) is 14.1. The van der Waals surface area contributed by atoms with Crippen LogP contribution in [0.25, 0.3) is 0 Å². The molecule has 8 heteroatoms. The molecule has 0 saturated heterocycles. The number of carbonyl (C=O) groups excluding carboxylic acids is 1. The van der Waals surface area contributed by atoms with Gasteiger partial charge >= 0.3 is 0 Å². The van der Waals surface area contributed by atoms with E-state index < -0.39 is 5.91 Å². The topological polar surface area (TPSA) is 85.4 Å². The Bertz CT molecular complexity index is 997. The minimum atomic E-state index is -0.409. The number of amides is 1. The third-order valence-corrected chi connectivity index (χ3v) is 4.21. The van der Waals surface area contributed by atoms with Crippen LogP contribution < -0.4 is 20.1 Å². The van der Waals surface area contributed by atoms with Crippen LogP contribution in [-0.2, 0) is 6.42 Å². The van der Waals surface area contributed by atoms with Crippen molar-refractivity contribution >= 4 is 17.4 Å². The lowest BCUT2D eigenvalue weighted by Gasteiger charge is -2.12. The van der Waals surface area contributed by atoms with Crippen LogP contribution in [0.2, 0.25) is 0 Å². The van der Waals surface area contributed by atoms with E-state index in [-0.39, 0.29) is 11.5 Å². The molecule has 0 radical (unpaired) electrons. The predicted octanol–water partition coefficient (Wildman–Crippen LogP) is 3.54. The zero-order valence-electron chi connectivity index (χ0n) is 16.1. The Balaban J connectivity index is 1.64. The second-order valence-electron chi connectivity index (χ2n) is 6.08. The Labute approximate surface area is 167 Å². The Morgan fingerprint density at radius 2 is 1.90 bits per heavy atom. The summed E-state index contributed by atoms with van der Waals surface area (Å²) >= 11 is 0. The van der Waals surface area contributed by atoms with E-state index in [1.54, 1.807) is 43.5 Å². The Morgan fingerprint density at radius 3 is 2.66 bits per heavy atom. The summed E-state index contributed by atoms with van der Waals surface area (Å²) in [4.78, 5) is 20.7. The zero-order chi connectivity index (χ0) is 20.6. The van der Waals surface area contributed by atoms with Crippen molar-refractivity contribution in [1.29, 1.82) is 0 Å². The van der Waals surface area contributed by atoms with Gasteiger partial charge in [-0.2, -0.15) is 0 Å². The van der Waals surface area contributed by atoms with Crippen molar-refractivity contribution in [2.45, 2.75) is 6.42 Å². The number of carbonyl (C=O) groups is 1. The van der Waals surface area contributed by atoms with E-state index in [0.717, 1.165) is 0 Å². The lowest BCUT2D eigenvalue weighted by atomic mass is 10.1. The van der Waals surface area contributed by atoms with Crippen LogP contribution >= 0.6 is 0 Å². The second-order valence-corrected chi connectivity index (χ2v) is 6.08. The molecule has 1 heterocycles. The number of nitrogens with one attached hydrogen (secondary N) is 2. The van der Waals surface area contributed by atoms with Crippen molar-refractivity contribution in [3.05, 3.63) is 71.9 Å². The summed E-state index contributed by atoms with van der Waals surface area (Å²) < 4.78 is 24.1. The Kier molecular flexibility index (Phi) is 6.57. The number of ether oxygens (including phenoxy) is 2. The van der Waals surface area contributed by atoms with Crippen LogP contribution in [0.3, 0.4) is 0 Å². The molecule has 0 aliphatic rings.